The number of rotatable bonds is 11. The molecule has 2 aliphatic rings. The van der Waals surface area contributed by atoms with E-state index >= 15 is 0 Å². The van der Waals surface area contributed by atoms with Crippen LogP contribution in [0.3, 0.4) is 0 Å². The molecule has 3 amide bonds. The lowest BCUT2D eigenvalue weighted by Gasteiger charge is -2.31. The third-order valence-corrected chi connectivity index (χ3v) is 11.5. The van der Waals surface area contributed by atoms with E-state index in [-0.39, 0.29) is 35.9 Å². The number of H-pyrrole nitrogens is 2. The van der Waals surface area contributed by atoms with E-state index in [1.165, 1.54) is 0 Å². The first-order chi connectivity index (χ1) is 28.0. The minimum atomic E-state index is -0.954. The highest BCUT2D eigenvalue weighted by Gasteiger charge is 2.39. The van der Waals surface area contributed by atoms with Crippen molar-refractivity contribution in [2.45, 2.75) is 63.8 Å². The van der Waals surface area contributed by atoms with Gasteiger partial charge in [-0.05, 0) is 90.9 Å². The normalized spacial score (nSPS) is 18.0. The van der Waals surface area contributed by atoms with Crippen molar-refractivity contribution in [2.24, 2.45) is 11.7 Å². The van der Waals surface area contributed by atoms with Crippen LogP contribution in [0, 0.1) is 5.92 Å². The molecule has 0 aliphatic carbocycles. The number of aromatic amines is 2. The largest absolute Gasteiger partial charge is 0.436 e. The van der Waals surface area contributed by atoms with Crippen LogP contribution in [-0.2, 0) is 14.3 Å². The van der Waals surface area contributed by atoms with Gasteiger partial charge in [-0.1, -0.05) is 92.7 Å². The van der Waals surface area contributed by atoms with Crippen molar-refractivity contribution in [3.63, 3.8) is 0 Å². The van der Waals surface area contributed by atoms with Crippen LogP contribution in [-0.4, -0.2) is 85.8 Å². The van der Waals surface area contributed by atoms with Gasteiger partial charge in [-0.2, -0.15) is 0 Å². The molecule has 4 atom stereocenters. The van der Waals surface area contributed by atoms with Crippen LogP contribution in [0.1, 0.15) is 74.9 Å². The molecule has 2 aliphatic heterocycles. The summed E-state index contributed by atoms with van der Waals surface area (Å²) in [7, 11) is 3.91. The van der Waals surface area contributed by atoms with Crippen molar-refractivity contribution in [1.82, 2.24) is 34.6 Å². The zero-order valence-corrected chi connectivity index (χ0v) is 33.4. The van der Waals surface area contributed by atoms with Crippen molar-refractivity contribution >= 4 is 28.7 Å². The first-order valence-electron chi connectivity index (χ1n) is 20.1. The zero-order valence-electron chi connectivity index (χ0n) is 33.4. The molecule has 4 aromatic carbocycles. The second-order valence-corrected chi connectivity index (χ2v) is 16.0. The van der Waals surface area contributed by atoms with Gasteiger partial charge < -0.3 is 30.2 Å². The van der Waals surface area contributed by atoms with Crippen LogP contribution in [0.2, 0.25) is 0 Å². The number of hydrogen-bond donors (Lipinski definition) is 3. The van der Waals surface area contributed by atoms with Gasteiger partial charge in [0.25, 0.3) is 5.91 Å². The van der Waals surface area contributed by atoms with Gasteiger partial charge in [-0.3, -0.25) is 14.5 Å². The lowest BCUT2D eigenvalue weighted by atomic mass is 9.98. The summed E-state index contributed by atoms with van der Waals surface area (Å²) in [4.78, 5) is 61.0. The summed E-state index contributed by atoms with van der Waals surface area (Å²) in [5.41, 5.74) is 12.3. The Hall–Kier alpha value is -6.27. The van der Waals surface area contributed by atoms with Gasteiger partial charge in [0.2, 0.25) is 5.91 Å². The van der Waals surface area contributed by atoms with Gasteiger partial charge in [0.1, 0.15) is 17.7 Å². The number of imidazole rings is 2. The Morgan fingerprint density at radius 1 is 0.707 bits per heavy atom. The quantitative estimate of drug-likeness (QED) is 0.120. The molecule has 12 nitrogen and oxygen atoms in total. The molecule has 2 aromatic heterocycles. The molecule has 4 heterocycles. The number of aromatic nitrogens is 4. The number of nitrogens with two attached hydrogens (primary N) is 1. The fourth-order valence-electron chi connectivity index (χ4n) is 8.58. The van der Waals surface area contributed by atoms with Gasteiger partial charge in [0, 0.05) is 18.7 Å². The average Bonchev–Trinajstić information content (AvgIpc) is 4.06. The number of carbonyl (C=O) groups excluding carboxylic acids is 3. The van der Waals surface area contributed by atoms with E-state index < -0.39 is 12.2 Å². The van der Waals surface area contributed by atoms with Gasteiger partial charge >= 0.3 is 6.09 Å². The van der Waals surface area contributed by atoms with E-state index in [1.54, 1.807) is 4.90 Å². The summed E-state index contributed by atoms with van der Waals surface area (Å²) in [5.74, 6) is 1.16. The number of ether oxygens (including phenoxy) is 1. The third-order valence-electron chi connectivity index (χ3n) is 11.5. The summed E-state index contributed by atoms with van der Waals surface area (Å²) in [6.45, 7) is 4.94. The smallest absolute Gasteiger partial charge is 0.405 e. The van der Waals surface area contributed by atoms with E-state index in [2.05, 4.69) is 75.6 Å². The monoisotopic (exact) mass is 778 g/mol. The standard InChI is InChI=1S/C46H50N8O4/c1-28(2)41(58-46(47)57)45(56)54-23-9-13-39(54)43-49-27-37(51-43)35-21-20-33-24-32(18-19-34(33)25-35)29-14-16-30(17-15-29)36-26-48-42(50-36)38-12-8-22-53(38)44(55)40(52(3)4)31-10-6-5-7-11-31/h5-7,10-11,14-21,24-28,38-41H,8-9,12-13,22-23H2,1-4H3,(H2,47,57)(H,48,50)(H,49,51)/t38-,39-,40?,41-/m0/s1. The topological polar surface area (TPSA) is 154 Å². The lowest BCUT2D eigenvalue weighted by Crippen LogP contribution is -2.44. The maximum absolute atomic E-state index is 13.9. The Labute approximate surface area is 338 Å². The maximum atomic E-state index is 13.9. The molecule has 1 unspecified atom stereocenters. The number of carbonyl (C=O) groups is 3. The van der Waals surface area contributed by atoms with Gasteiger partial charge in [-0.25, -0.2) is 14.8 Å². The number of hydrogen-bond acceptors (Lipinski definition) is 7. The van der Waals surface area contributed by atoms with E-state index in [0.29, 0.717) is 18.9 Å². The summed E-state index contributed by atoms with van der Waals surface area (Å²) >= 11 is 0. The first kappa shape index (κ1) is 38.6. The molecule has 0 radical (unpaired) electrons. The first-order valence-corrected chi connectivity index (χ1v) is 20.1. The molecule has 8 rings (SSSR count). The third kappa shape index (κ3) is 7.71. The highest BCUT2D eigenvalue weighted by molar-refractivity contribution is 5.91. The van der Waals surface area contributed by atoms with E-state index in [4.69, 9.17) is 15.5 Å². The van der Waals surface area contributed by atoms with Crippen molar-refractivity contribution in [1.29, 1.82) is 0 Å². The minimum Gasteiger partial charge on any atom is -0.436 e. The average molecular weight is 779 g/mol. The van der Waals surface area contributed by atoms with Crippen LogP contribution < -0.4 is 5.73 Å². The Morgan fingerprint density at radius 2 is 1.22 bits per heavy atom. The fraction of sp³-hybridized carbons (Fsp3) is 0.326. The van der Waals surface area contributed by atoms with Crippen LogP contribution in [0.15, 0.2) is 103 Å². The van der Waals surface area contributed by atoms with Crippen LogP contribution in [0.4, 0.5) is 4.79 Å². The van der Waals surface area contributed by atoms with Crippen LogP contribution >= 0.6 is 0 Å². The van der Waals surface area contributed by atoms with Crippen molar-refractivity contribution in [3.05, 3.63) is 121 Å². The Balaban J connectivity index is 0.947. The Morgan fingerprint density at radius 3 is 1.79 bits per heavy atom. The minimum absolute atomic E-state index is 0.0951. The van der Waals surface area contributed by atoms with E-state index in [9.17, 15) is 14.4 Å². The molecule has 58 heavy (non-hydrogen) atoms. The van der Waals surface area contributed by atoms with E-state index in [0.717, 1.165) is 81.5 Å². The molecule has 4 N–H and O–H groups in total. The Bertz CT molecular complexity index is 2420. The van der Waals surface area contributed by atoms with Crippen molar-refractivity contribution < 1.29 is 19.1 Å². The predicted molar refractivity (Wildman–Crippen MR) is 224 cm³/mol. The molecule has 0 bridgehead atoms. The molecular formula is C46H50N8O4. The maximum Gasteiger partial charge on any atom is 0.405 e. The van der Waals surface area contributed by atoms with Crippen molar-refractivity contribution in [2.75, 3.05) is 27.2 Å². The molecular weight excluding hydrogens is 729 g/mol. The fourth-order valence-corrected chi connectivity index (χ4v) is 8.58. The zero-order chi connectivity index (χ0) is 40.5. The summed E-state index contributed by atoms with van der Waals surface area (Å²) in [5, 5.41) is 2.21. The van der Waals surface area contributed by atoms with Crippen molar-refractivity contribution in [3.8, 4) is 33.6 Å². The predicted octanol–water partition coefficient (Wildman–Crippen LogP) is 8.04. The molecule has 0 saturated carbocycles. The highest BCUT2D eigenvalue weighted by atomic mass is 16.6. The van der Waals surface area contributed by atoms with Gasteiger partial charge in [0.05, 0.1) is 35.9 Å². The number of likely N-dealkylation sites (N-methyl/N-ethyl adjacent to an activating group) is 1. The highest BCUT2D eigenvalue weighted by Crippen LogP contribution is 2.37. The number of nitrogens with zero attached hydrogens (tertiary/aromatic N) is 5. The molecule has 298 valence electrons. The van der Waals surface area contributed by atoms with Gasteiger partial charge in [-0.15, -0.1) is 0 Å². The molecule has 12 heteroatoms. The number of fused-ring (bicyclic) bond motifs is 1. The van der Waals surface area contributed by atoms with Gasteiger partial charge in [0.15, 0.2) is 6.10 Å². The molecule has 0 spiro atoms. The summed E-state index contributed by atoms with van der Waals surface area (Å²) in [6.07, 6.45) is 5.19. The van der Waals surface area contributed by atoms with Crippen LogP contribution in [0.25, 0.3) is 44.4 Å². The second-order valence-electron chi connectivity index (χ2n) is 16.0. The lowest BCUT2D eigenvalue weighted by molar-refractivity contribution is -0.143. The molecule has 6 aromatic rings. The molecule has 2 saturated heterocycles. The summed E-state index contributed by atoms with van der Waals surface area (Å²) in [6, 6.07) is 30.6. The number of likely N-dealkylation sites (tertiary alicyclic amines) is 2. The SMILES string of the molecule is CC(C)[C@H](OC(N)=O)C(=O)N1CCC[C@H]1c1ncc(-c2ccc3cc(-c4ccc(-c5cnc([C@@H]6CCCN6C(=O)C(c6ccccc6)N(C)C)[nH]5)cc4)ccc3c2)[nH]1. The number of benzene rings is 4. The van der Waals surface area contributed by atoms with Crippen LogP contribution in [0.5, 0.6) is 0 Å². The number of amides is 3. The number of primary amides is 1. The Kier molecular flexibility index (Phi) is 10.8. The van der Waals surface area contributed by atoms with E-state index in [1.807, 2.05) is 80.5 Å². The number of nitrogens with one attached hydrogen (secondary N) is 2. The summed E-state index contributed by atoms with van der Waals surface area (Å²) < 4.78 is 5.19. The second kappa shape index (κ2) is 16.3. The molecule has 2 fully saturated rings.